The molecule has 1 aliphatic carbocycles. The van der Waals surface area contributed by atoms with Gasteiger partial charge < -0.3 is 5.32 Å². The molecule has 17 heavy (non-hydrogen) atoms. The lowest BCUT2D eigenvalue weighted by atomic mass is 9.81. The van der Waals surface area contributed by atoms with Crippen LogP contribution in [0, 0.1) is 11.7 Å². The van der Waals surface area contributed by atoms with E-state index >= 15 is 0 Å². The zero-order valence-corrected chi connectivity index (χ0v) is 11.8. The van der Waals surface area contributed by atoms with Crippen LogP contribution in [-0.4, -0.2) is 7.05 Å². The molecule has 1 aromatic rings. The van der Waals surface area contributed by atoms with E-state index in [4.69, 9.17) is 0 Å². The molecule has 0 amide bonds. The Labute approximate surface area is 111 Å². The second kappa shape index (κ2) is 5.96. The second-order valence-corrected chi connectivity index (χ2v) is 5.69. The average molecular weight is 300 g/mol. The summed E-state index contributed by atoms with van der Waals surface area (Å²) in [6, 6.07) is 5.71. The van der Waals surface area contributed by atoms with Crippen LogP contribution in [0.25, 0.3) is 0 Å². The number of hydrogen-bond donors (Lipinski definition) is 1. The number of benzene rings is 1. The molecular weight excluding hydrogens is 281 g/mol. The fraction of sp³-hybridized carbons (Fsp3) is 0.571. The van der Waals surface area contributed by atoms with E-state index in [-0.39, 0.29) is 5.82 Å². The summed E-state index contributed by atoms with van der Waals surface area (Å²) in [6.45, 7) is 0. The van der Waals surface area contributed by atoms with Crippen LogP contribution in [0.2, 0.25) is 0 Å². The standard InChI is InChI=1S/C14H19BrFN/c1-17-14(10-5-3-2-4-6-10)11-7-8-13(16)12(15)9-11/h7-10,14,17H,2-6H2,1H3. The van der Waals surface area contributed by atoms with Crippen molar-refractivity contribution in [1.29, 1.82) is 0 Å². The highest BCUT2D eigenvalue weighted by Gasteiger charge is 2.24. The minimum absolute atomic E-state index is 0.188. The van der Waals surface area contributed by atoms with E-state index in [1.165, 1.54) is 37.7 Å². The third-order valence-electron chi connectivity index (χ3n) is 3.74. The molecule has 1 fully saturated rings. The van der Waals surface area contributed by atoms with Crippen molar-refractivity contribution in [2.24, 2.45) is 5.92 Å². The van der Waals surface area contributed by atoms with Crippen molar-refractivity contribution >= 4 is 15.9 Å². The Morgan fingerprint density at radius 2 is 2.00 bits per heavy atom. The highest BCUT2D eigenvalue weighted by molar-refractivity contribution is 9.10. The Morgan fingerprint density at radius 3 is 2.59 bits per heavy atom. The van der Waals surface area contributed by atoms with Crippen LogP contribution >= 0.6 is 15.9 Å². The minimum atomic E-state index is -0.188. The van der Waals surface area contributed by atoms with Gasteiger partial charge in [-0.05, 0) is 59.4 Å². The van der Waals surface area contributed by atoms with Crippen molar-refractivity contribution in [2.45, 2.75) is 38.1 Å². The van der Waals surface area contributed by atoms with Gasteiger partial charge in [0.05, 0.1) is 4.47 Å². The van der Waals surface area contributed by atoms with Crippen molar-refractivity contribution in [2.75, 3.05) is 7.05 Å². The number of nitrogens with one attached hydrogen (secondary N) is 1. The fourth-order valence-corrected chi connectivity index (χ4v) is 3.24. The molecule has 1 atom stereocenters. The molecule has 1 saturated carbocycles. The van der Waals surface area contributed by atoms with Crippen LogP contribution in [0.1, 0.15) is 43.7 Å². The maximum atomic E-state index is 13.2. The van der Waals surface area contributed by atoms with Crippen LogP contribution in [0.15, 0.2) is 22.7 Å². The quantitative estimate of drug-likeness (QED) is 0.871. The predicted molar refractivity (Wildman–Crippen MR) is 72.5 cm³/mol. The highest BCUT2D eigenvalue weighted by Crippen LogP contribution is 2.35. The molecule has 0 aliphatic heterocycles. The summed E-state index contributed by atoms with van der Waals surface area (Å²) in [6.07, 6.45) is 6.57. The normalized spacial score (nSPS) is 19.2. The molecule has 0 radical (unpaired) electrons. The van der Waals surface area contributed by atoms with Crippen molar-refractivity contribution in [3.05, 3.63) is 34.1 Å². The summed E-state index contributed by atoms with van der Waals surface area (Å²) in [5.74, 6) is 0.498. The summed E-state index contributed by atoms with van der Waals surface area (Å²) < 4.78 is 13.8. The summed E-state index contributed by atoms with van der Waals surface area (Å²) in [5.41, 5.74) is 1.19. The van der Waals surface area contributed by atoms with Gasteiger partial charge in [0.1, 0.15) is 5.82 Å². The molecule has 2 rings (SSSR count). The lowest BCUT2D eigenvalue weighted by Crippen LogP contribution is -2.27. The van der Waals surface area contributed by atoms with Crippen molar-refractivity contribution in [3.8, 4) is 0 Å². The smallest absolute Gasteiger partial charge is 0.137 e. The van der Waals surface area contributed by atoms with Crippen LogP contribution in [0.3, 0.4) is 0 Å². The molecule has 94 valence electrons. The fourth-order valence-electron chi connectivity index (χ4n) is 2.85. The van der Waals surface area contributed by atoms with Crippen molar-refractivity contribution < 1.29 is 4.39 Å². The summed E-state index contributed by atoms with van der Waals surface area (Å²) in [4.78, 5) is 0. The molecule has 0 heterocycles. The first-order valence-corrected chi connectivity index (χ1v) is 7.14. The maximum absolute atomic E-state index is 13.2. The van der Waals surface area contributed by atoms with Crippen LogP contribution in [0.4, 0.5) is 4.39 Å². The van der Waals surface area contributed by atoms with Gasteiger partial charge in [-0.25, -0.2) is 4.39 Å². The molecule has 1 nitrogen and oxygen atoms in total. The third-order valence-corrected chi connectivity index (χ3v) is 4.34. The van der Waals surface area contributed by atoms with Gasteiger partial charge in [-0.1, -0.05) is 25.3 Å². The lowest BCUT2D eigenvalue weighted by molar-refractivity contribution is 0.281. The molecule has 1 unspecified atom stereocenters. The van der Waals surface area contributed by atoms with Crippen LogP contribution in [0.5, 0.6) is 0 Å². The van der Waals surface area contributed by atoms with Gasteiger partial charge in [-0.15, -0.1) is 0 Å². The number of halogens is 2. The van der Waals surface area contributed by atoms with E-state index in [0.29, 0.717) is 16.4 Å². The van der Waals surface area contributed by atoms with E-state index in [9.17, 15) is 4.39 Å². The minimum Gasteiger partial charge on any atom is -0.313 e. The third kappa shape index (κ3) is 3.08. The molecule has 0 bridgehead atoms. The second-order valence-electron chi connectivity index (χ2n) is 4.84. The van der Waals surface area contributed by atoms with E-state index in [1.54, 1.807) is 6.07 Å². The molecule has 1 aliphatic rings. The molecule has 1 N–H and O–H groups in total. The monoisotopic (exact) mass is 299 g/mol. The van der Waals surface area contributed by atoms with Gasteiger partial charge in [-0.2, -0.15) is 0 Å². The Kier molecular flexibility index (Phi) is 4.57. The number of hydrogen-bond acceptors (Lipinski definition) is 1. The molecule has 0 aromatic heterocycles. The first kappa shape index (κ1) is 13.0. The summed E-state index contributed by atoms with van der Waals surface area (Å²) >= 11 is 3.26. The SMILES string of the molecule is CNC(c1ccc(F)c(Br)c1)C1CCCCC1. The highest BCUT2D eigenvalue weighted by atomic mass is 79.9. The van der Waals surface area contributed by atoms with Gasteiger partial charge in [0.2, 0.25) is 0 Å². The van der Waals surface area contributed by atoms with Gasteiger partial charge in [0, 0.05) is 6.04 Å². The van der Waals surface area contributed by atoms with Gasteiger partial charge in [0.25, 0.3) is 0 Å². The number of rotatable bonds is 3. The Bertz CT molecular complexity index is 374. The summed E-state index contributed by atoms with van der Waals surface area (Å²) in [5, 5.41) is 3.39. The molecule has 0 saturated heterocycles. The van der Waals surface area contributed by atoms with Gasteiger partial charge in [-0.3, -0.25) is 0 Å². The molecule has 3 heteroatoms. The maximum Gasteiger partial charge on any atom is 0.137 e. The molecule has 1 aromatic carbocycles. The van der Waals surface area contributed by atoms with Gasteiger partial charge in [0.15, 0.2) is 0 Å². The van der Waals surface area contributed by atoms with E-state index in [1.807, 2.05) is 19.2 Å². The van der Waals surface area contributed by atoms with Crippen LogP contribution < -0.4 is 5.32 Å². The summed E-state index contributed by atoms with van der Waals surface area (Å²) in [7, 11) is 2.00. The van der Waals surface area contributed by atoms with E-state index in [2.05, 4.69) is 21.2 Å². The molecule has 0 spiro atoms. The van der Waals surface area contributed by atoms with Crippen molar-refractivity contribution in [3.63, 3.8) is 0 Å². The predicted octanol–water partition coefficient (Wildman–Crippen LogP) is 4.43. The largest absolute Gasteiger partial charge is 0.313 e. The van der Waals surface area contributed by atoms with Crippen LogP contribution in [-0.2, 0) is 0 Å². The average Bonchev–Trinajstić information content (AvgIpc) is 2.36. The Morgan fingerprint density at radius 1 is 1.29 bits per heavy atom. The first-order chi connectivity index (χ1) is 8.22. The van der Waals surface area contributed by atoms with Gasteiger partial charge >= 0.3 is 0 Å². The first-order valence-electron chi connectivity index (χ1n) is 6.34. The zero-order valence-electron chi connectivity index (χ0n) is 10.2. The topological polar surface area (TPSA) is 12.0 Å². The Hall–Kier alpha value is -0.410. The molecular formula is C14H19BrFN. The zero-order chi connectivity index (χ0) is 12.3. The van der Waals surface area contributed by atoms with E-state index < -0.39 is 0 Å². The van der Waals surface area contributed by atoms with Crippen molar-refractivity contribution in [1.82, 2.24) is 5.32 Å². The Balaban J connectivity index is 2.18. The van der Waals surface area contributed by atoms with E-state index in [0.717, 1.165) is 0 Å². The lowest BCUT2D eigenvalue weighted by Gasteiger charge is -2.30.